The van der Waals surface area contributed by atoms with Crippen LogP contribution in [0.4, 0.5) is 4.79 Å². The second-order valence-electron chi connectivity index (χ2n) is 3.94. The molecule has 0 aliphatic heterocycles. The molecule has 1 fully saturated rings. The van der Waals surface area contributed by atoms with Crippen LogP contribution in [0.15, 0.2) is 5.22 Å². The van der Waals surface area contributed by atoms with Crippen LogP contribution in [0.3, 0.4) is 0 Å². The Balaban J connectivity index is 2.62. The highest BCUT2D eigenvalue weighted by Gasteiger charge is 2.32. The van der Waals surface area contributed by atoms with Crippen LogP contribution in [-0.2, 0) is 4.74 Å². The number of carbonyl (C=O) groups is 1. The van der Waals surface area contributed by atoms with Crippen molar-refractivity contribution in [3.05, 3.63) is 0 Å². The third kappa shape index (κ3) is 3.29. The van der Waals surface area contributed by atoms with E-state index in [0.717, 1.165) is 24.3 Å². The van der Waals surface area contributed by atoms with E-state index in [0.29, 0.717) is 18.9 Å². The summed E-state index contributed by atoms with van der Waals surface area (Å²) < 4.78 is 5.06. The molecule has 0 radical (unpaired) electrons. The molecule has 0 aromatic heterocycles. The molecule has 0 heterocycles. The van der Waals surface area contributed by atoms with E-state index in [1.807, 2.05) is 0 Å². The van der Waals surface area contributed by atoms with Gasteiger partial charge in [-0.2, -0.15) is 0 Å². The Bertz CT molecular complexity index is 286. The molecule has 90 valence electrons. The summed E-state index contributed by atoms with van der Waals surface area (Å²) in [7, 11) is 1.63. The van der Waals surface area contributed by atoms with Gasteiger partial charge in [0, 0.05) is 13.7 Å². The monoisotopic (exact) mass is 228 g/mol. The molecule has 1 aliphatic rings. The molecule has 7 heteroatoms. The van der Waals surface area contributed by atoms with E-state index in [4.69, 9.17) is 10.3 Å². The first-order valence-corrected chi connectivity index (χ1v) is 5.25. The zero-order chi connectivity index (χ0) is 12.0. The third-order valence-electron chi connectivity index (χ3n) is 2.83. The van der Waals surface area contributed by atoms with Gasteiger partial charge in [0.15, 0.2) is 0 Å². The van der Waals surface area contributed by atoms with Gasteiger partial charge in [-0.25, -0.2) is 0 Å². The molecule has 1 saturated carbocycles. The Morgan fingerprint density at radius 2 is 2.44 bits per heavy atom. The second-order valence-corrected chi connectivity index (χ2v) is 3.94. The number of ether oxygens (including phenoxy) is 1. The third-order valence-corrected chi connectivity index (χ3v) is 2.83. The lowest BCUT2D eigenvalue weighted by atomic mass is 9.86. The van der Waals surface area contributed by atoms with E-state index in [1.54, 1.807) is 7.11 Å². The number of carboxylic acid groups (broad SMARTS) is 1. The van der Waals surface area contributed by atoms with Crippen molar-refractivity contribution in [2.45, 2.75) is 31.7 Å². The molecule has 0 aromatic carbocycles. The van der Waals surface area contributed by atoms with Crippen LogP contribution < -0.4 is 10.0 Å². The Labute approximate surface area is 93.6 Å². The lowest BCUT2D eigenvalue weighted by Gasteiger charge is -2.29. The first-order chi connectivity index (χ1) is 7.69. The number of nitrogens with zero attached hydrogens (tertiary/aromatic N) is 3. The van der Waals surface area contributed by atoms with Gasteiger partial charge in [-0.05, 0) is 37.1 Å². The van der Waals surface area contributed by atoms with Gasteiger partial charge in [0.25, 0.3) is 6.09 Å². The lowest BCUT2D eigenvalue weighted by Crippen LogP contribution is -2.46. The average Bonchev–Trinajstić information content (AvgIpc) is 2.26. The summed E-state index contributed by atoms with van der Waals surface area (Å²) >= 11 is 0. The molecule has 16 heavy (non-hydrogen) atoms. The predicted octanol–water partition coefficient (Wildman–Crippen LogP) is 0.302. The topological polar surface area (TPSA) is 103 Å². The van der Waals surface area contributed by atoms with Crippen molar-refractivity contribution in [3.8, 4) is 0 Å². The van der Waals surface area contributed by atoms with Crippen LogP contribution in [0, 0.1) is 11.4 Å². The molecule has 7 nitrogen and oxygen atoms in total. The summed E-state index contributed by atoms with van der Waals surface area (Å²) in [5, 5.41) is 14.8. The highest BCUT2D eigenvalue weighted by molar-refractivity contribution is 5.62. The minimum atomic E-state index is -1.40. The molecule has 1 unspecified atom stereocenters. The summed E-state index contributed by atoms with van der Waals surface area (Å²) in [6.45, 7) is 0.620. The molecule has 1 N–H and O–H groups in total. The zero-order valence-corrected chi connectivity index (χ0v) is 9.26. The summed E-state index contributed by atoms with van der Waals surface area (Å²) in [5.74, 6) is 0.339. The van der Waals surface area contributed by atoms with E-state index < -0.39 is 6.09 Å². The molecule has 0 spiro atoms. The first-order valence-electron chi connectivity index (χ1n) is 5.25. The van der Waals surface area contributed by atoms with Crippen molar-refractivity contribution in [3.63, 3.8) is 0 Å². The van der Waals surface area contributed by atoms with Crippen LogP contribution in [0.25, 0.3) is 0 Å². The Morgan fingerprint density at radius 3 is 3.00 bits per heavy atom. The Hall–Kier alpha value is -1.46. The minimum absolute atomic E-state index is 0.243. The summed E-state index contributed by atoms with van der Waals surface area (Å²) in [6, 6.07) is -0.243. The van der Waals surface area contributed by atoms with Crippen molar-refractivity contribution in [1.29, 1.82) is 5.53 Å². The van der Waals surface area contributed by atoms with Crippen molar-refractivity contribution in [1.82, 2.24) is 9.92 Å². The number of nitrogens with one attached hydrogen (secondary N) is 1. The van der Waals surface area contributed by atoms with Gasteiger partial charge in [-0.1, -0.05) is 5.01 Å². The summed E-state index contributed by atoms with van der Waals surface area (Å²) in [4.78, 5) is 13.6. The molecular weight excluding hydrogens is 212 g/mol. The van der Waals surface area contributed by atoms with Crippen molar-refractivity contribution in [2.75, 3.05) is 13.7 Å². The second kappa shape index (κ2) is 6.19. The fourth-order valence-corrected chi connectivity index (χ4v) is 2.18. The van der Waals surface area contributed by atoms with Gasteiger partial charge in [0.1, 0.15) is 6.04 Å². The van der Waals surface area contributed by atoms with Gasteiger partial charge in [0.2, 0.25) is 5.22 Å². The molecule has 0 bridgehead atoms. The fraction of sp³-hybridized carbons (Fsp3) is 0.889. The van der Waals surface area contributed by atoms with Crippen LogP contribution in [0.5, 0.6) is 0 Å². The predicted molar refractivity (Wildman–Crippen MR) is 52.1 cm³/mol. The first kappa shape index (κ1) is 12.6. The number of carbonyl (C=O) groups excluding carboxylic acids is 1. The number of amides is 1. The van der Waals surface area contributed by atoms with Crippen molar-refractivity contribution < 1.29 is 14.6 Å². The molecule has 0 aromatic rings. The SMILES string of the molecule is COC[C@H]1CCCC(N(N=[N+]=N)C(=O)[O-])C1. The van der Waals surface area contributed by atoms with Crippen LogP contribution in [0.1, 0.15) is 25.7 Å². The van der Waals surface area contributed by atoms with Gasteiger partial charge in [-0.15, -0.1) is 0 Å². The smallest absolute Gasteiger partial charge is 0.266 e. The highest BCUT2D eigenvalue weighted by atomic mass is 16.5. The number of methoxy groups -OCH3 is 1. The maximum absolute atomic E-state index is 10.8. The number of rotatable bonds is 4. The van der Waals surface area contributed by atoms with Crippen molar-refractivity contribution in [2.24, 2.45) is 11.1 Å². The van der Waals surface area contributed by atoms with Crippen LogP contribution in [0.2, 0.25) is 0 Å². The molecule has 1 amide bonds. The Kier molecular flexibility index (Phi) is 4.88. The Morgan fingerprint density at radius 1 is 1.69 bits per heavy atom. The summed E-state index contributed by atoms with van der Waals surface area (Å²) in [5.41, 5.74) is 6.58. The van der Waals surface area contributed by atoms with E-state index in [-0.39, 0.29) is 6.04 Å². The quantitative estimate of drug-likeness (QED) is 0.425. The van der Waals surface area contributed by atoms with E-state index in [9.17, 15) is 9.90 Å². The van der Waals surface area contributed by atoms with Gasteiger partial charge in [-0.3, -0.25) is 0 Å². The molecular formula is C9H16N4O3. The number of hydrogen-bond donors (Lipinski definition) is 1. The maximum atomic E-state index is 10.8. The molecule has 1 rings (SSSR count). The van der Waals surface area contributed by atoms with Crippen molar-refractivity contribution >= 4 is 6.09 Å². The average molecular weight is 228 g/mol. The molecule has 0 saturated heterocycles. The van der Waals surface area contributed by atoms with Gasteiger partial charge >= 0.3 is 0 Å². The van der Waals surface area contributed by atoms with E-state index in [1.165, 1.54) is 0 Å². The van der Waals surface area contributed by atoms with Gasteiger partial charge < -0.3 is 14.6 Å². The fourth-order valence-electron chi connectivity index (χ4n) is 2.18. The van der Waals surface area contributed by atoms with E-state index >= 15 is 0 Å². The maximum Gasteiger partial charge on any atom is 0.266 e. The lowest BCUT2D eigenvalue weighted by molar-refractivity contribution is -0.269. The van der Waals surface area contributed by atoms with Gasteiger partial charge in [0.05, 0.1) is 4.91 Å². The normalized spacial score (nSPS) is 24.6. The van der Waals surface area contributed by atoms with Crippen LogP contribution in [-0.4, -0.2) is 30.9 Å². The molecule has 1 aliphatic carbocycles. The van der Waals surface area contributed by atoms with E-state index in [2.05, 4.69) is 10.1 Å². The number of hydrogen-bond acceptors (Lipinski definition) is 5. The largest absolute Gasteiger partial charge is 0.509 e. The highest BCUT2D eigenvalue weighted by Crippen LogP contribution is 2.27. The standard InChI is InChI=1S/C9H16N4O3/c1-16-6-7-3-2-4-8(5-7)13(9(14)15)12-11-10/h7-8,10H,2-6H2,1H3/t7-,8?/m0/s1. The zero-order valence-electron chi connectivity index (χ0n) is 9.26. The molecule has 2 atom stereocenters. The summed E-state index contributed by atoms with van der Waals surface area (Å²) in [6.07, 6.45) is 1.96. The van der Waals surface area contributed by atoms with Crippen LogP contribution >= 0.6 is 0 Å². The minimum Gasteiger partial charge on any atom is -0.509 e.